The highest BCUT2D eigenvalue weighted by Gasteiger charge is 2.32. The molecule has 1 atom stereocenters. The molecule has 2 amide bonds. The van der Waals surface area contributed by atoms with Crippen LogP contribution >= 0.6 is 0 Å². The van der Waals surface area contributed by atoms with Crippen LogP contribution in [0.4, 0.5) is 5.69 Å². The Labute approximate surface area is 213 Å². The second kappa shape index (κ2) is 11.9. The number of rotatable bonds is 10. The molecule has 0 saturated carbocycles. The first kappa shape index (κ1) is 26.9. The van der Waals surface area contributed by atoms with Crippen LogP contribution in [0.15, 0.2) is 83.8 Å². The number of aryl methyl sites for hydroxylation is 2. The lowest BCUT2D eigenvalue weighted by Gasteiger charge is -2.32. The number of likely N-dealkylation sites (N-methyl/N-ethyl adjacent to an activating group) is 1. The van der Waals surface area contributed by atoms with Gasteiger partial charge in [-0.2, -0.15) is 0 Å². The van der Waals surface area contributed by atoms with Gasteiger partial charge in [0.05, 0.1) is 10.6 Å². The quantitative estimate of drug-likeness (QED) is 0.453. The maximum Gasteiger partial charge on any atom is 0.264 e. The summed E-state index contributed by atoms with van der Waals surface area (Å²) in [6, 6.07) is 22.4. The standard InChI is InChI=1S/C28H33N3O4S/c1-21-17-22(2)19-25(18-21)31(36(34,35)26-13-9-6-10-14-26)20-27(32)30(23(3)28(33)29-4)16-15-24-11-7-5-8-12-24/h5-14,17-19,23H,15-16,20H2,1-4H3,(H,29,33)/t23-/m1/s1. The van der Waals surface area contributed by atoms with E-state index in [0.29, 0.717) is 12.1 Å². The number of anilines is 1. The van der Waals surface area contributed by atoms with Gasteiger partial charge in [-0.1, -0.05) is 54.6 Å². The Morgan fingerprint density at radius 2 is 1.44 bits per heavy atom. The highest BCUT2D eigenvalue weighted by molar-refractivity contribution is 7.92. The van der Waals surface area contributed by atoms with Crippen molar-refractivity contribution < 1.29 is 18.0 Å². The van der Waals surface area contributed by atoms with Crippen molar-refractivity contribution in [2.24, 2.45) is 0 Å². The van der Waals surface area contributed by atoms with Crippen molar-refractivity contribution in [1.29, 1.82) is 0 Å². The first-order chi connectivity index (χ1) is 17.1. The SMILES string of the molecule is CNC(=O)[C@@H](C)N(CCc1ccccc1)C(=O)CN(c1cc(C)cc(C)c1)S(=O)(=O)c1ccccc1. The molecule has 0 aromatic heterocycles. The molecule has 0 heterocycles. The Morgan fingerprint density at radius 1 is 0.889 bits per heavy atom. The highest BCUT2D eigenvalue weighted by atomic mass is 32.2. The largest absolute Gasteiger partial charge is 0.357 e. The van der Waals surface area contributed by atoms with Crippen molar-refractivity contribution in [3.8, 4) is 0 Å². The fraction of sp³-hybridized carbons (Fsp3) is 0.286. The number of carbonyl (C=O) groups is 2. The van der Waals surface area contributed by atoms with Crippen molar-refractivity contribution in [3.05, 3.63) is 95.6 Å². The van der Waals surface area contributed by atoms with Gasteiger partial charge in [0.1, 0.15) is 12.6 Å². The third kappa shape index (κ3) is 6.51. The lowest BCUT2D eigenvalue weighted by molar-refractivity contribution is -0.138. The predicted molar refractivity (Wildman–Crippen MR) is 142 cm³/mol. The molecular weight excluding hydrogens is 474 g/mol. The number of benzene rings is 3. The van der Waals surface area contributed by atoms with Crippen LogP contribution in [0.1, 0.15) is 23.6 Å². The third-order valence-corrected chi connectivity index (χ3v) is 7.79. The fourth-order valence-electron chi connectivity index (χ4n) is 4.12. The molecule has 0 aliphatic carbocycles. The Balaban J connectivity index is 1.99. The average molecular weight is 508 g/mol. The first-order valence-electron chi connectivity index (χ1n) is 11.8. The van der Waals surface area contributed by atoms with Gasteiger partial charge >= 0.3 is 0 Å². The Hall–Kier alpha value is -3.65. The second-order valence-corrected chi connectivity index (χ2v) is 10.6. The van der Waals surface area contributed by atoms with Crippen LogP contribution in [0.5, 0.6) is 0 Å². The van der Waals surface area contributed by atoms with Gasteiger partial charge in [0.15, 0.2) is 0 Å². The summed E-state index contributed by atoms with van der Waals surface area (Å²) in [6.45, 7) is 5.24. The lowest BCUT2D eigenvalue weighted by atomic mass is 10.1. The Kier molecular flexibility index (Phi) is 8.88. The van der Waals surface area contributed by atoms with Crippen LogP contribution in [0.25, 0.3) is 0 Å². The molecule has 0 fully saturated rings. The van der Waals surface area contributed by atoms with Gasteiger partial charge < -0.3 is 10.2 Å². The fourth-order valence-corrected chi connectivity index (χ4v) is 5.54. The Morgan fingerprint density at radius 3 is 2.00 bits per heavy atom. The molecular formula is C28H33N3O4S. The van der Waals surface area contributed by atoms with Gasteiger partial charge in [-0.05, 0) is 68.1 Å². The summed E-state index contributed by atoms with van der Waals surface area (Å²) in [5.41, 5.74) is 3.18. The zero-order valence-electron chi connectivity index (χ0n) is 21.1. The van der Waals surface area contributed by atoms with Gasteiger partial charge in [0, 0.05) is 13.6 Å². The minimum Gasteiger partial charge on any atom is -0.357 e. The smallest absolute Gasteiger partial charge is 0.264 e. The van der Waals surface area contributed by atoms with E-state index in [1.165, 1.54) is 24.1 Å². The Bertz CT molecular complexity index is 1270. The normalized spacial score (nSPS) is 12.0. The lowest BCUT2D eigenvalue weighted by Crippen LogP contribution is -2.51. The number of nitrogens with zero attached hydrogens (tertiary/aromatic N) is 2. The first-order valence-corrected chi connectivity index (χ1v) is 13.3. The summed E-state index contributed by atoms with van der Waals surface area (Å²) >= 11 is 0. The van der Waals surface area contributed by atoms with Crippen LogP contribution < -0.4 is 9.62 Å². The molecule has 36 heavy (non-hydrogen) atoms. The monoisotopic (exact) mass is 507 g/mol. The van der Waals surface area contributed by atoms with E-state index in [9.17, 15) is 18.0 Å². The van der Waals surface area contributed by atoms with Gasteiger partial charge in [-0.15, -0.1) is 0 Å². The number of nitrogens with one attached hydrogen (secondary N) is 1. The molecule has 190 valence electrons. The second-order valence-electron chi connectivity index (χ2n) is 8.78. The third-order valence-electron chi connectivity index (χ3n) is 6.00. The van der Waals surface area contributed by atoms with E-state index in [1.807, 2.05) is 50.2 Å². The molecule has 0 aliphatic rings. The minimum atomic E-state index is -4.05. The van der Waals surface area contributed by atoms with Crippen molar-refractivity contribution in [1.82, 2.24) is 10.2 Å². The number of sulfonamides is 1. The molecule has 0 unspecified atom stereocenters. The van der Waals surface area contributed by atoms with Gasteiger partial charge in [0.2, 0.25) is 11.8 Å². The molecule has 0 aliphatic heterocycles. The van der Waals surface area contributed by atoms with E-state index in [0.717, 1.165) is 21.0 Å². The van der Waals surface area contributed by atoms with E-state index < -0.39 is 28.5 Å². The average Bonchev–Trinajstić information content (AvgIpc) is 2.87. The summed E-state index contributed by atoms with van der Waals surface area (Å²) in [4.78, 5) is 27.7. The van der Waals surface area contributed by atoms with Crippen molar-refractivity contribution in [2.75, 3.05) is 24.4 Å². The van der Waals surface area contributed by atoms with Gasteiger partial charge in [-0.3, -0.25) is 13.9 Å². The topological polar surface area (TPSA) is 86.8 Å². The molecule has 0 bridgehead atoms. The van der Waals surface area contributed by atoms with Crippen molar-refractivity contribution >= 4 is 27.5 Å². The molecule has 0 saturated heterocycles. The van der Waals surface area contributed by atoms with Crippen LogP contribution in [0.2, 0.25) is 0 Å². The molecule has 3 aromatic carbocycles. The van der Waals surface area contributed by atoms with E-state index in [4.69, 9.17) is 0 Å². The summed E-state index contributed by atoms with van der Waals surface area (Å²) in [5.74, 6) is -0.777. The van der Waals surface area contributed by atoms with Gasteiger partial charge in [0.25, 0.3) is 10.0 Å². The zero-order chi connectivity index (χ0) is 26.3. The van der Waals surface area contributed by atoms with Crippen molar-refractivity contribution in [2.45, 2.75) is 38.1 Å². The van der Waals surface area contributed by atoms with E-state index >= 15 is 0 Å². The number of hydrogen-bond acceptors (Lipinski definition) is 4. The molecule has 1 N–H and O–H groups in total. The minimum absolute atomic E-state index is 0.0899. The molecule has 7 nitrogen and oxygen atoms in total. The van der Waals surface area contributed by atoms with E-state index in [-0.39, 0.29) is 17.3 Å². The van der Waals surface area contributed by atoms with Crippen molar-refractivity contribution in [3.63, 3.8) is 0 Å². The summed E-state index contributed by atoms with van der Waals surface area (Å²) in [6.07, 6.45) is 0.531. The van der Waals surface area contributed by atoms with Crippen LogP contribution in [-0.2, 0) is 26.0 Å². The number of carbonyl (C=O) groups excluding carboxylic acids is 2. The molecule has 0 radical (unpaired) electrons. The maximum absolute atomic E-state index is 13.7. The molecule has 3 rings (SSSR count). The summed E-state index contributed by atoms with van der Waals surface area (Å²) in [5, 5.41) is 2.59. The predicted octanol–water partition coefficient (Wildman–Crippen LogP) is 3.70. The molecule has 8 heteroatoms. The van der Waals surface area contributed by atoms with Crippen LogP contribution in [0.3, 0.4) is 0 Å². The molecule has 3 aromatic rings. The van der Waals surface area contributed by atoms with Crippen LogP contribution in [-0.4, -0.2) is 51.3 Å². The number of hydrogen-bond donors (Lipinski definition) is 1. The maximum atomic E-state index is 13.7. The number of amides is 2. The summed E-state index contributed by atoms with van der Waals surface area (Å²) < 4.78 is 28.6. The van der Waals surface area contributed by atoms with Gasteiger partial charge in [-0.25, -0.2) is 8.42 Å². The van der Waals surface area contributed by atoms with E-state index in [2.05, 4.69) is 5.32 Å². The molecule has 0 spiro atoms. The zero-order valence-corrected chi connectivity index (χ0v) is 22.0. The highest BCUT2D eigenvalue weighted by Crippen LogP contribution is 2.26. The summed E-state index contributed by atoms with van der Waals surface area (Å²) in [7, 11) is -2.54. The van der Waals surface area contributed by atoms with E-state index in [1.54, 1.807) is 37.3 Å². The van der Waals surface area contributed by atoms with Crippen LogP contribution in [0, 0.1) is 13.8 Å².